The van der Waals surface area contributed by atoms with E-state index in [1.54, 1.807) is 30.3 Å². The summed E-state index contributed by atoms with van der Waals surface area (Å²) in [6, 6.07) is 2.22. The van der Waals surface area contributed by atoms with E-state index in [4.69, 9.17) is 16.6 Å². The molecule has 1 rings (SSSR count). The maximum absolute atomic E-state index is 12.8. The van der Waals surface area contributed by atoms with Gasteiger partial charge >= 0.3 is 11.9 Å². The van der Waals surface area contributed by atoms with E-state index in [2.05, 4.69) is 16.0 Å². The number of benzene rings is 1. The molecule has 4 atom stereocenters. The lowest BCUT2D eigenvalue weighted by Crippen LogP contribution is -2.58. The molecular weight excluding hydrogens is 454 g/mol. The zero-order valence-electron chi connectivity index (χ0n) is 18.0. The summed E-state index contributed by atoms with van der Waals surface area (Å²) in [4.78, 5) is 70.6. The molecule has 14 nitrogen and oxygen atoms in total. The molecule has 0 radical (unpaired) electrons. The fourth-order valence-corrected chi connectivity index (χ4v) is 2.76. The van der Waals surface area contributed by atoms with E-state index in [-0.39, 0.29) is 6.42 Å². The summed E-state index contributed by atoms with van der Waals surface area (Å²) in [5.41, 5.74) is 11.0. The van der Waals surface area contributed by atoms with Crippen molar-refractivity contribution in [3.63, 3.8) is 0 Å². The number of carbonyl (C=O) groups is 6. The van der Waals surface area contributed by atoms with Crippen LogP contribution in [0.15, 0.2) is 30.3 Å². The molecule has 0 bridgehead atoms. The largest absolute Gasteiger partial charge is 0.481 e. The Kier molecular flexibility index (Phi) is 11.1. The molecule has 0 saturated heterocycles. The molecule has 0 aliphatic rings. The minimum Gasteiger partial charge on any atom is -0.481 e. The molecule has 14 heteroatoms. The zero-order chi connectivity index (χ0) is 25.8. The lowest BCUT2D eigenvalue weighted by atomic mass is 10.0. The van der Waals surface area contributed by atoms with E-state index in [1.165, 1.54) is 0 Å². The molecule has 0 aromatic heterocycles. The number of aliphatic carboxylic acids is 2. The SMILES string of the molecule is NC(=O)CC(NC(=O)C(Cc1ccccc1)NC(=O)C(CO)NC(=O)C(N)CC(=O)O)C(=O)O. The van der Waals surface area contributed by atoms with Gasteiger partial charge in [-0.3, -0.25) is 24.0 Å². The molecule has 0 heterocycles. The van der Waals surface area contributed by atoms with Gasteiger partial charge in [0.15, 0.2) is 0 Å². The monoisotopic (exact) mass is 481 g/mol. The Bertz CT molecular complexity index is 909. The van der Waals surface area contributed by atoms with Crippen molar-refractivity contribution >= 4 is 35.6 Å². The normalized spacial score (nSPS) is 14.1. The third kappa shape index (κ3) is 9.62. The number of nitrogens with two attached hydrogens (primary N) is 2. The van der Waals surface area contributed by atoms with Gasteiger partial charge in [0.1, 0.15) is 18.1 Å². The van der Waals surface area contributed by atoms with Crippen LogP contribution in [0.4, 0.5) is 0 Å². The smallest absolute Gasteiger partial charge is 0.326 e. The first kappa shape index (κ1) is 28.0. The van der Waals surface area contributed by atoms with E-state index in [0.29, 0.717) is 5.56 Å². The number of amides is 4. The van der Waals surface area contributed by atoms with Crippen LogP contribution in [-0.4, -0.2) is 81.7 Å². The Balaban J connectivity index is 3.02. The lowest BCUT2D eigenvalue weighted by molar-refractivity contribution is -0.143. The van der Waals surface area contributed by atoms with Crippen molar-refractivity contribution in [3.05, 3.63) is 35.9 Å². The number of carboxylic acids is 2. The summed E-state index contributed by atoms with van der Waals surface area (Å²) in [5, 5.41) is 34.0. The molecule has 0 aliphatic heterocycles. The van der Waals surface area contributed by atoms with Crippen molar-refractivity contribution in [3.8, 4) is 0 Å². The minimum absolute atomic E-state index is 0.105. The molecule has 1 aromatic rings. The van der Waals surface area contributed by atoms with Crippen LogP contribution in [0.25, 0.3) is 0 Å². The van der Waals surface area contributed by atoms with Gasteiger partial charge < -0.3 is 42.7 Å². The van der Waals surface area contributed by atoms with Crippen molar-refractivity contribution in [2.24, 2.45) is 11.5 Å². The van der Waals surface area contributed by atoms with Gasteiger partial charge in [-0.15, -0.1) is 0 Å². The molecule has 1 aromatic carbocycles. The Hall–Kier alpha value is -4.04. The molecular formula is C20H27N5O9. The summed E-state index contributed by atoms with van der Waals surface area (Å²) < 4.78 is 0. The van der Waals surface area contributed by atoms with Crippen molar-refractivity contribution in [1.82, 2.24) is 16.0 Å². The van der Waals surface area contributed by atoms with Gasteiger partial charge in [-0.2, -0.15) is 0 Å². The van der Waals surface area contributed by atoms with E-state index in [1.807, 2.05) is 0 Å². The van der Waals surface area contributed by atoms with Crippen LogP contribution in [0.3, 0.4) is 0 Å². The highest BCUT2D eigenvalue weighted by molar-refractivity contribution is 5.95. The number of hydrogen-bond acceptors (Lipinski definition) is 8. The molecule has 0 spiro atoms. The first-order valence-electron chi connectivity index (χ1n) is 9.99. The molecule has 0 aliphatic carbocycles. The van der Waals surface area contributed by atoms with E-state index in [9.17, 15) is 39.0 Å². The molecule has 10 N–H and O–H groups in total. The third-order valence-corrected chi connectivity index (χ3v) is 4.48. The highest BCUT2D eigenvalue weighted by Crippen LogP contribution is 2.05. The topological polar surface area (TPSA) is 251 Å². The third-order valence-electron chi connectivity index (χ3n) is 4.48. The van der Waals surface area contributed by atoms with Crippen molar-refractivity contribution in [2.45, 2.75) is 43.4 Å². The second-order valence-electron chi connectivity index (χ2n) is 7.27. The summed E-state index contributed by atoms with van der Waals surface area (Å²) in [6.07, 6.45) is -1.52. The van der Waals surface area contributed by atoms with Gasteiger partial charge in [-0.05, 0) is 5.56 Å². The second-order valence-corrected chi connectivity index (χ2v) is 7.27. The highest BCUT2D eigenvalue weighted by atomic mass is 16.4. The Morgan fingerprint density at radius 3 is 1.82 bits per heavy atom. The van der Waals surface area contributed by atoms with E-state index >= 15 is 0 Å². The minimum atomic E-state index is -1.65. The molecule has 4 unspecified atom stereocenters. The van der Waals surface area contributed by atoms with Crippen LogP contribution >= 0.6 is 0 Å². The van der Waals surface area contributed by atoms with Crippen LogP contribution < -0.4 is 27.4 Å². The predicted molar refractivity (Wildman–Crippen MR) is 115 cm³/mol. The van der Waals surface area contributed by atoms with Crippen LogP contribution in [0.2, 0.25) is 0 Å². The number of carbonyl (C=O) groups excluding carboxylic acids is 4. The van der Waals surface area contributed by atoms with Crippen LogP contribution in [0, 0.1) is 0 Å². The standard InChI is InChI=1S/C20H27N5O9/c21-11(7-16(28)29)17(30)25-14(9-26)19(32)23-12(6-10-4-2-1-3-5-10)18(31)24-13(20(33)34)8-15(22)27/h1-5,11-14,26H,6-9,21H2,(H2,22,27)(H,23,32)(H,24,31)(H,25,30)(H,28,29)(H,33,34). The Morgan fingerprint density at radius 2 is 1.32 bits per heavy atom. The quantitative estimate of drug-likeness (QED) is 0.130. The molecule has 186 valence electrons. The van der Waals surface area contributed by atoms with Crippen molar-refractivity contribution in [2.75, 3.05) is 6.61 Å². The van der Waals surface area contributed by atoms with E-state index in [0.717, 1.165) is 0 Å². The average molecular weight is 481 g/mol. The average Bonchev–Trinajstić information content (AvgIpc) is 2.75. The van der Waals surface area contributed by atoms with Crippen LogP contribution in [-0.2, 0) is 35.2 Å². The van der Waals surface area contributed by atoms with Crippen molar-refractivity contribution < 1.29 is 44.1 Å². The highest BCUT2D eigenvalue weighted by Gasteiger charge is 2.31. The number of hydrogen-bond donors (Lipinski definition) is 8. The van der Waals surface area contributed by atoms with Gasteiger partial charge in [0.25, 0.3) is 0 Å². The lowest BCUT2D eigenvalue weighted by Gasteiger charge is -2.24. The maximum atomic E-state index is 12.8. The zero-order valence-corrected chi connectivity index (χ0v) is 18.0. The second kappa shape index (κ2) is 13.5. The molecule has 34 heavy (non-hydrogen) atoms. The number of nitrogens with one attached hydrogen (secondary N) is 3. The fourth-order valence-electron chi connectivity index (χ4n) is 2.76. The first-order chi connectivity index (χ1) is 15.9. The number of aliphatic hydroxyl groups is 1. The summed E-state index contributed by atoms with van der Waals surface area (Å²) in [5.74, 6) is -6.85. The Morgan fingerprint density at radius 1 is 0.794 bits per heavy atom. The van der Waals surface area contributed by atoms with Gasteiger partial charge in [0, 0.05) is 6.42 Å². The summed E-state index contributed by atoms with van der Waals surface area (Å²) >= 11 is 0. The first-order valence-corrected chi connectivity index (χ1v) is 9.99. The van der Waals surface area contributed by atoms with E-state index < -0.39 is 79.2 Å². The van der Waals surface area contributed by atoms with Gasteiger partial charge in [-0.1, -0.05) is 30.3 Å². The summed E-state index contributed by atoms with van der Waals surface area (Å²) in [6.45, 7) is -0.906. The van der Waals surface area contributed by atoms with Crippen LogP contribution in [0.1, 0.15) is 18.4 Å². The number of aliphatic hydroxyl groups excluding tert-OH is 1. The predicted octanol–water partition coefficient (Wildman–Crippen LogP) is -3.56. The summed E-state index contributed by atoms with van der Waals surface area (Å²) in [7, 11) is 0. The molecule has 0 saturated carbocycles. The van der Waals surface area contributed by atoms with Gasteiger partial charge in [-0.25, -0.2) is 4.79 Å². The number of rotatable bonds is 14. The van der Waals surface area contributed by atoms with Gasteiger partial charge in [0.2, 0.25) is 23.6 Å². The van der Waals surface area contributed by atoms with Crippen LogP contribution in [0.5, 0.6) is 0 Å². The Labute approximate surface area is 193 Å². The maximum Gasteiger partial charge on any atom is 0.326 e. The molecule has 0 fully saturated rings. The van der Waals surface area contributed by atoms with Gasteiger partial charge in [0.05, 0.1) is 25.5 Å². The molecule has 4 amide bonds. The number of carboxylic acid groups (broad SMARTS) is 2. The number of primary amides is 1. The van der Waals surface area contributed by atoms with Crippen molar-refractivity contribution in [1.29, 1.82) is 0 Å². The fraction of sp³-hybridized carbons (Fsp3) is 0.400.